The highest BCUT2D eigenvalue weighted by Crippen LogP contribution is 2.16. The van der Waals surface area contributed by atoms with Crippen LogP contribution in [0.3, 0.4) is 0 Å². The molecular formula is C13H17NO4S. The van der Waals surface area contributed by atoms with Crippen LogP contribution < -0.4 is 10.1 Å². The van der Waals surface area contributed by atoms with Crippen molar-refractivity contribution < 1.29 is 19.1 Å². The van der Waals surface area contributed by atoms with Gasteiger partial charge in [-0.25, -0.2) is 4.79 Å². The molecule has 0 spiro atoms. The average molecular weight is 283 g/mol. The molecule has 0 saturated heterocycles. The molecule has 104 valence electrons. The van der Waals surface area contributed by atoms with Gasteiger partial charge in [0.15, 0.2) is 0 Å². The third kappa shape index (κ3) is 6.15. The van der Waals surface area contributed by atoms with Crippen LogP contribution in [0, 0.1) is 0 Å². The molecule has 0 atom stereocenters. The topological polar surface area (TPSA) is 64.6 Å². The summed E-state index contributed by atoms with van der Waals surface area (Å²) in [7, 11) is 0. The van der Waals surface area contributed by atoms with E-state index in [1.165, 1.54) is 0 Å². The van der Waals surface area contributed by atoms with E-state index in [-0.39, 0.29) is 11.7 Å². The Balaban J connectivity index is 2.37. The van der Waals surface area contributed by atoms with Crippen LogP contribution in [0.5, 0.6) is 5.75 Å². The van der Waals surface area contributed by atoms with Gasteiger partial charge in [-0.1, -0.05) is 0 Å². The summed E-state index contributed by atoms with van der Waals surface area (Å²) in [5.74, 6) is 0.537. The zero-order chi connectivity index (χ0) is 14.1. The van der Waals surface area contributed by atoms with Crippen LogP contribution in [0.1, 0.15) is 13.8 Å². The second-order valence-electron chi connectivity index (χ2n) is 3.48. The highest BCUT2D eigenvalue weighted by Gasteiger charge is 2.08. The summed E-state index contributed by atoms with van der Waals surface area (Å²) >= 11 is 0.842. The number of hydrogen-bond acceptors (Lipinski definition) is 5. The van der Waals surface area contributed by atoms with Crippen LogP contribution in [0.4, 0.5) is 10.5 Å². The van der Waals surface area contributed by atoms with Crippen LogP contribution in [-0.2, 0) is 9.53 Å². The molecule has 1 aromatic carbocycles. The molecule has 1 aromatic rings. The summed E-state index contributed by atoms with van der Waals surface area (Å²) in [6.45, 7) is 4.54. The van der Waals surface area contributed by atoms with E-state index in [2.05, 4.69) is 5.32 Å². The van der Waals surface area contributed by atoms with Crippen molar-refractivity contribution in [1.82, 2.24) is 0 Å². The molecule has 0 aliphatic carbocycles. The quantitative estimate of drug-likeness (QED) is 0.813. The van der Waals surface area contributed by atoms with E-state index in [1.807, 2.05) is 6.92 Å². The molecule has 0 heterocycles. The Morgan fingerprint density at radius 2 is 1.84 bits per heavy atom. The molecule has 5 nitrogen and oxygen atoms in total. The number of hydrogen-bond donors (Lipinski definition) is 1. The lowest BCUT2D eigenvalue weighted by Crippen LogP contribution is -2.15. The number of carbonyl (C=O) groups is 2. The Bertz CT molecular complexity index is 419. The highest BCUT2D eigenvalue weighted by molar-refractivity contribution is 8.13. The van der Waals surface area contributed by atoms with Crippen LogP contribution in [-0.4, -0.2) is 30.2 Å². The lowest BCUT2D eigenvalue weighted by atomic mass is 10.3. The number of thioether (sulfide) groups is 1. The number of ether oxygens (including phenoxy) is 2. The lowest BCUT2D eigenvalue weighted by Gasteiger charge is -2.06. The summed E-state index contributed by atoms with van der Waals surface area (Å²) in [6, 6.07) is 7.05. The summed E-state index contributed by atoms with van der Waals surface area (Å²) in [5.41, 5.74) is 0.665. The van der Waals surface area contributed by atoms with E-state index < -0.39 is 5.30 Å². The van der Waals surface area contributed by atoms with Gasteiger partial charge < -0.3 is 14.8 Å². The van der Waals surface area contributed by atoms with Crippen molar-refractivity contribution in [1.29, 1.82) is 0 Å². The molecule has 0 bridgehead atoms. The van der Waals surface area contributed by atoms with E-state index in [0.717, 1.165) is 17.5 Å². The van der Waals surface area contributed by atoms with Crippen LogP contribution in [0.15, 0.2) is 24.3 Å². The molecule has 0 aromatic heterocycles. The van der Waals surface area contributed by atoms with Gasteiger partial charge in [0.05, 0.1) is 19.0 Å². The zero-order valence-corrected chi connectivity index (χ0v) is 11.8. The van der Waals surface area contributed by atoms with Gasteiger partial charge in [0.1, 0.15) is 5.75 Å². The molecule has 6 heteroatoms. The standard InChI is InChI=1S/C13H17NO4S/c1-3-17-11-7-5-10(6-8-11)14-12(15)9-19-13(16)18-4-2/h5-8H,3-4,9H2,1-2H3,(H,14,15). The Morgan fingerprint density at radius 3 is 2.42 bits per heavy atom. The van der Waals surface area contributed by atoms with Crippen molar-refractivity contribution >= 4 is 28.7 Å². The number of nitrogens with one attached hydrogen (secondary N) is 1. The van der Waals surface area contributed by atoms with Gasteiger partial charge in [0.25, 0.3) is 0 Å². The number of carbonyl (C=O) groups excluding carboxylic acids is 2. The number of rotatable bonds is 6. The third-order valence-electron chi connectivity index (χ3n) is 2.03. The Kier molecular flexibility index (Phi) is 6.81. The van der Waals surface area contributed by atoms with Crippen LogP contribution in [0.25, 0.3) is 0 Å². The first-order valence-electron chi connectivity index (χ1n) is 5.98. The number of amides is 1. The first kappa shape index (κ1) is 15.4. The van der Waals surface area contributed by atoms with Gasteiger partial charge in [-0.05, 0) is 49.9 Å². The molecule has 0 unspecified atom stereocenters. The van der Waals surface area contributed by atoms with E-state index in [4.69, 9.17) is 9.47 Å². The van der Waals surface area contributed by atoms with Crippen LogP contribution >= 0.6 is 11.8 Å². The fourth-order valence-corrected chi connectivity index (χ4v) is 1.80. The first-order valence-corrected chi connectivity index (χ1v) is 6.96. The van der Waals surface area contributed by atoms with E-state index in [1.54, 1.807) is 31.2 Å². The fourth-order valence-electron chi connectivity index (χ4n) is 1.28. The van der Waals surface area contributed by atoms with Gasteiger partial charge in [-0.3, -0.25) is 4.79 Å². The summed E-state index contributed by atoms with van der Waals surface area (Å²) in [5, 5.41) is 2.25. The lowest BCUT2D eigenvalue weighted by molar-refractivity contribution is -0.113. The minimum absolute atomic E-state index is 0.0338. The number of anilines is 1. The van der Waals surface area contributed by atoms with Gasteiger partial charge in [0, 0.05) is 5.69 Å². The van der Waals surface area contributed by atoms with Crippen molar-refractivity contribution in [3.05, 3.63) is 24.3 Å². The molecule has 1 N–H and O–H groups in total. The maximum atomic E-state index is 11.6. The molecule has 0 saturated carbocycles. The summed E-state index contributed by atoms with van der Waals surface area (Å²) in [4.78, 5) is 22.6. The zero-order valence-electron chi connectivity index (χ0n) is 11.0. The molecular weight excluding hydrogens is 266 g/mol. The largest absolute Gasteiger partial charge is 0.494 e. The maximum Gasteiger partial charge on any atom is 0.367 e. The Hall–Kier alpha value is -1.69. The molecule has 0 aliphatic heterocycles. The van der Waals surface area contributed by atoms with E-state index in [0.29, 0.717) is 18.9 Å². The van der Waals surface area contributed by atoms with Crippen molar-refractivity contribution in [3.63, 3.8) is 0 Å². The molecule has 19 heavy (non-hydrogen) atoms. The van der Waals surface area contributed by atoms with Gasteiger partial charge >= 0.3 is 5.30 Å². The summed E-state index contributed by atoms with van der Waals surface area (Å²) < 4.78 is 10.0. The van der Waals surface area contributed by atoms with Gasteiger partial charge in [0.2, 0.25) is 5.91 Å². The fraction of sp³-hybridized carbons (Fsp3) is 0.385. The molecule has 0 radical (unpaired) electrons. The molecule has 0 fully saturated rings. The normalized spacial score (nSPS) is 9.79. The number of benzene rings is 1. The second kappa shape index (κ2) is 8.42. The summed E-state index contributed by atoms with van der Waals surface area (Å²) in [6.07, 6.45) is 0. The second-order valence-corrected chi connectivity index (χ2v) is 4.39. The predicted molar refractivity (Wildman–Crippen MR) is 75.7 cm³/mol. The molecule has 1 rings (SSSR count). The Morgan fingerprint density at radius 1 is 1.16 bits per heavy atom. The van der Waals surface area contributed by atoms with Crippen molar-refractivity contribution in [2.45, 2.75) is 13.8 Å². The predicted octanol–water partition coefficient (Wildman–Crippen LogP) is 2.91. The monoisotopic (exact) mass is 283 g/mol. The van der Waals surface area contributed by atoms with Crippen LogP contribution in [0.2, 0.25) is 0 Å². The minimum atomic E-state index is -0.440. The smallest absolute Gasteiger partial charge is 0.367 e. The third-order valence-corrected chi connectivity index (χ3v) is 2.79. The van der Waals surface area contributed by atoms with Crippen molar-refractivity contribution in [3.8, 4) is 5.75 Å². The Labute approximate surface area is 116 Å². The SMILES string of the molecule is CCOC(=O)SCC(=O)Nc1ccc(OCC)cc1. The molecule has 0 aliphatic rings. The maximum absolute atomic E-state index is 11.6. The van der Waals surface area contributed by atoms with Crippen molar-refractivity contribution in [2.24, 2.45) is 0 Å². The first-order chi connectivity index (χ1) is 9.15. The van der Waals surface area contributed by atoms with E-state index >= 15 is 0 Å². The van der Waals surface area contributed by atoms with Crippen molar-refractivity contribution in [2.75, 3.05) is 24.3 Å². The molecule has 1 amide bonds. The van der Waals surface area contributed by atoms with Gasteiger partial charge in [-0.15, -0.1) is 0 Å². The average Bonchev–Trinajstić information content (AvgIpc) is 2.39. The van der Waals surface area contributed by atoms with Gasteiger partial charge in [-0.2, -0.15) is 0 Å². The van der Waals surface area contributed by atoms with E-state index in [9.17, 15) is 9.59 Å². The minimum Gasteiger partial charge on any atom is -0.494 e. The highest BCUT2D eigenvalue weighted by atomic mass is 32.2.